The quantitative estimate of drug-likeness (QED) is 0.810. The Morgan fingerprint density at radius 3 is 2.64 bits per heavy atom. The fourth-order valence-corrected chi connectivity index (χ4v) is 3.16. The molecule has 1 fully saturated rings. The van der Waals surface area contributed by atoms with Gasteiger partial charge in [0, 0.05) is 4.88 Å². The van der Waals surface area contributed by atoms with Gasteiger partial charge in [0.25, 0.3) is 0 Å². The second-order valence-corrected chi connectivity index (χ2v) is 5.43. The van der Waals surface area contributed by atoms with Gasteiger partial charge in [0.2, 0.25) is 0 Å². The predicted molar refractivity (Wildman–Crippen MR) is 60.9 cm³/mol. The zero-order valence-electron chi connectivity index (χ0n) is 8.97. The zero-order chi connectivity index (χ0) is 9.97. The van der Waals surface area contributed by atoms with Crippen molar-refractivity contribution >= 4 is 11.3 Å². The maximum Gasteiger partial charge on any atom is 0.0900 e. The average Bonchev–Trinajstić information content (AvgIpc) is 2.47. The smallest absolute Gasteiger partial charge is 0.0900 e. The zero-order valence-corrected chi connectivity index (χ0v) is 9.78. The summed E-state index contributed by atoms with van der Waals surface area (Å²) >= 11 is 1.88. The van der Waals surface area contributed by atoms with Gasteiger partial charge in [-0.25, -0.2) is 4.98 Å². The lowest BCUT2D eigenvalue weighted by Crippen LogP contribution is -2.28. The number of hydrogen-bond acceptors (Lipinski definition) is 3. The van der Waals surface area contributed by atoms with Gasteiger partial charge >= 0.3 is 0 Å². The second-order valence-electron chi connectivity index (χ2n) is 4.14. The van der Waals surface area contributed by atoms with Crippen LogP contribution in [0.1, 0.15) is 28.4 Å². The van der Waals surface area contributed by atoms with Gasteiger partial charge in [-0.1, -0.05) is 0 Å². The highest BCUT2D eigenvalue weighted by molar-refractivity contribution is 7.11. The van der Waals surface area contributed by atoms with Crippen LogP contribution in [0.5, 0.6) is 0 Å². The Bertz CT molecular complexity index is 300. The van der Waals surface area contributed by atoms with Crippen molar-refractivity contribution in [3.8, 4) is 0 Å². The van der Waals surface area contributed by atoms with E-state index in [1.807, 2.05) is 11.3 Å². The van der Waals surface area contributed by atoms with Crippen LogP contribution in [-0.4, -0.2) is 18.1 Å². The van der Waals surface area contributed by atoms with Crippen molar-refractivity contribution in [2.24, 2.45) is 5.92 Å². The third kappa shape index (κ3) is 2.34. The summed E-state index contributed by atoms with van der Waals surface area (Å²) in [5.41, 5.74) is 1.26. The molecule has 1 saturated heterocycles. The van der Waals surface area contributed by atoms with Crippen LogP contribution in [0, 0.1) is 19.8 Å². The van der Waals surface area contributed by atoms with Gasteiger partial charge in [0.05, 0.1) is 10.7 Å². The van der Waals surface area contributed by atoms with Crippen LogP contribution in [0.15, 0.2) is 0 Å². The summed E-state index contributed by atoms with van der Waals surface area (Å²) in [7, 11) is 0. The van der Waals surface area contributed by atoms with Crippen LogP contribution in [-0.2, 0) is 6.42 Å². The molecule has 1 aromatic heterocycles. The minimum absolute atomic E-state index is 0.884. The molecule has 0 amide bonds. The molecule has 0 aromatic carbocycles. The van der Waals surface area contributed by atoms with Gasteiger partial charge in [0.15, 0.2) is 0 Å². The average molecular weight is 210 g/mol. The van der Waals surface area contributed by atoms with Gasteiger partial charge in [-0.2, -0.15) is 0 Å². The number of aryl methyl sites for hydroxylation is 2. The summed E-state index contributed by atoms with van der Waals surface area (Å²) in [6.07, 6.45) is 3.91. The fraction of sp³-hybridized carbons (Fsp3) is 0.727. The molecule has 1 N–H and O–H groups in total. The summed E-state index contributed by atoms with van der Waals surface area (Å²) in [4.78, 5) is 5.99. The number of nitrogens with one attached hydrogen (secondary N) is 1. The van der Waals surface area contributed by atoms with Gasteiger partial charge in [-0.05, 0) is 52.1 Å². The molecular formula is C11H18N2S. The van der Waals surface area contributed by atoms with Gasteiger partial charge in [-0.3, -0.25) is 0 Å². The van der Waals surface area contributed by atoms with Crippen molar-refractivity contribution in [1.29, 1.82) is 0 Å². The standard InChI is InChI=1S/C11H18N2S/c1-8-11(14-9(2)13-8)7-10-3-5-12-6-4-10/h10,12H,3-7H2,1-2H3. The molecule has 2 nitrogen and oxygen atoms in total. The van der Waals surface area contributed by atoms with Crippen LogP contribution in [0.3, 0.4) is 0 Å². The molecule has 1 aliphatic rings. The predicted octanol–water partition coefficient (Wildman–Crippen LogP) is 2.30. The SMILES string of the molecule is Cc1nc(C)c(CC2CCNCC2)s1. The Labute approximate surface area is 89.8 Å². The third-order valence-corrected chi connectivity index (χ3v) is 4.03. The number of nitrogens with zero attached hydrogens (tertiary/aromatic N) is 1. The van der Waals surface area contributed by atoms with E-state index in [2.05, 4.69) is 24.1 Å². The molecule has 0 aliphatic carbocycles. The van der Waals surface area contributed by atoms with Crippen LogP contribution < -0.4 is 5.32 Å². The maximum absolute atomic E-state index is 4.48. The number of piperidine rings is 1. The Morgan fingerprint density at radius 2 is 2.07 bits per heavy atom. The molecule has 0 spiro atoms. The van der Waals surface area contributed by atoms with Gasteiger partial charge < -0.3 is 5.32 Å². The fourth-order valence-electron chi connectivity index (χ4n) is 2.11. The molecule has 0 bridgehead atoms. The van der Waals surface area contributed by atoms with Crippen molar-refractivity contribution in [3.05, 3.63) is 15.6 Å². The van der Waals surface area contributed by atoms with E-state index in [9.17, 15) is 0 Å². The molecule has 0 radical (unpaired) electrons. The van der Waals surface area contributed by atoms with Crippen LogP contribution >= 0.6 is 11.3 Å². The molecule has 0 atom stereocenters. The van der Waals surface area contributed by atoms with E-state index in [0.717, 1.165) is 5.92 Å². The highest BCUT2D eigenvalue weighted by Gasteiger charge is 2.16. The molecule has 0 saturated carbocycles. The van der Waals surface area contributed by atoms with E-state index in [0.29, 0.717) is 0 Å². The summed E-state index contributed by atoms with van der Waals surface area (Å²) < 4.78 is 0. The summed E-state index contributed by atoms with van der Waals surface area (Å²) in [6.45, 7) is 6.63. The Kier molecular flexibility index (Phi) is 3.19. The van der Waals surface area contributed by atoms with E-state index in [1.54, 1.807) is 0 Å². The first-order valence-corrected chi connectivity index (χ1v) is 6.21. The lowest BCUT2D eigenvalue weighted by Gasteiger charge is -2.21. The topological polar surface area (TPSA) is 24.9 Å². The van der Waals surface area contributed by atoms with E-state index < -0.39 is 0 Å². The monoisotopic (exact) mass is 210 g/mol. The van der Waals surface area contributed by atoms with Gasteiger partial charge in [0.1, 0.15) is 0 Å². The van der Waals surface area contributed by atoms with Crippen molar-refractivity contribution in [1.82, 2.24) is 10.3 Å². The number of hydrogen-bond donors (Lipinski definition) is 1. The minimum Gasteiger partial charge on any atom is -0.317 e. The number of thiazole rings is 1. The largest absolute Gasteiger partial charge is 0.317 e. The van der Waals surface area contributed by atoms with Crippen LogP contribution in [0.4, 0.5) is 0 Å². The first-order valence-electron chi connectivity index (χ1n) is 5.39. The van der Waals surface area contributed by atoms with E-state index in [-0.39, 0.29) is 0 Å². The normalized spacial score (nSPS) is 18.7. The van der Waals surface area contributed by atoms with E-state index in [1.165, 1.54) is 47.9 Å². The van der Waals surface area contributed by atoms with Crippen molar-refractivity contribution in [2.75, 3.05) is 13.1 Å². The third-order valence-electron chi connectivity index (χ3n) is 2.93. The van der Waals surface area contributed by atoms with Crippen LogP contribution in [0.25, 0.3) is 0 Å². The molecule has 2 heterocycles. The summed E-state index contributed by atoms with van der Waals surface area (Å²) in [5.74, 6) is 0.884. The summed E-state index contributed by atoms with van der Waals surface area (Å²) in [5, 5.41) is 4.62. The van der Waals surface area contributed by atoms with E-state index >= 15 is 0 Å². The molecule has 3 heteroatoms. The van der Waals surface area contributed by atoms with Crippen LogP contribution in [0.2, 0.25) is 0 Å². The first-order chi connectivity index (χ1) is 6.75. The maximum atomic E-state index is 4.48. The lowest BCUT2D eigenvalue weighted by molar-refractivity contribution is 0.374. The minimum atomic E-state index is 0.884. The van der Waals surface area contributed by atoms with Crippen molar-refractivity contribution in [3.63, 3.8) is 0 Å². The lowest BCUT2D eigenvalue weighted by atomic mass is 9.94. The second kappa shape index (κ2) is 4.41. The Morgan fingerprint density at radius 1 is 1.36 bits per heavy atom. The molecule has 2 rings (SSSR count). The van der Waals surface area contributed by atoms with Gasteiger partial charge in [-0.15, -0.1) is 11.3 Å². The molecule has 0 unspecified atom stereocenters. The van der Waals surface area contributed by atoms with Crippen molar-refractivity contribution in [2.45, 2.75) is 33.1 Å². The number of rotatable bonds is 2. The van der Waals surface area contributed by atoms with Crippen molar-refractivity contribution < 1.29 is 0 Å². The first kappa shape index (κ1) is 10.1. The molecule has 78 valence electrons. The Balaban J connectivity index is 1.98. The molecule has 14 heavy (non-hydrogen) atoms. The van der Waals surface area contributed by atoms with E-state index in [4.69, 9.17) is 0 Å². The molecule has 1 aromatic rings. The molecule has 1 aliphatic heterocycles. The highest BCUT2D eigenvalue weighted by atomic mass is 32.1. The summed E-state index contributed by atoms with van der Waals surface area (Å²) in [6, 6.07) is 0. The highest BCUT2D eigenvalue weighted by Crippen LogP contribution is 2.24. The molecular weight excluding hydrogens is 192 g/mol. The number of aromatic nitrogens is 1. The Hall–Kier alpha value is -0.410.